The Morgan fingerprint density at radius 2 is 1.77 bits per heavy atom. The lowest BCUT2D eigenvalue weighted by atomic mass is 10.2. The summed E-state index contributed by atoms with van der Waals surface area (Å²) in [6, 6.07) is 3.33. The van der Waals surface area contributed by atoms with E-state index < -0.39 is 0 Å². The molecule has 0 aliphatic heterocycles. The molecule has 0 heterocycles. The molecule has 1 rings (SSSR count). The molecule has 0 atom stereocenters. The maximum Gasteiger partial charge on any atom is 0.0613 e. The molecule has 1 aromatic rings. The molecule has 0 saturated heterocycles. The van der Waals surface area contributed by atoms with Crippen LogP contribution in [0.1, 0.15) is 5.56 Å². The molecule has 1 aromatic carbocycles. The van der Waals surface area contributed by atoms with Crippen molar-refractivity contribution in [2.24, 2.45) is 0 Å². The van der Waals surface area contributed by atoms with Gasteiger partial charge in [0.15, 0.2) is 0 Å². The van der Waals surface area contributed by atoms with Gasteiger partial charge in [0.05, 0.1) is 13.4 Å². The quantitative estimate of drug-likeness (QED) is 0.736. The molecule has 0 saturated carbocycles. The Morgan fingerprint density at radius 3 is 2.31 bits per heavy atom. The minimum Gasteiger partial charge on any atom is -0.398 e. The summed E-state index contributed by atoms with van der Waals surface area (Å²) in [6.45, 7) is 0. The summed E-state index contributed by atoms with van der Waals surface area (Å²) in [5.74, 6) is 0. The molecule has 0 fully saturated rings. The van der Waals surface area contributed by atoms with Crippen molar-refractivity contribution < 1.29 is 0 Å². The normalized spacial score (nSPS) is 9.85. The molecule has 0 aliphatic rings. The van der Waals surface area contributed by atoms with Crippen molar-refractivity contribution in [1.82, 2.24) is 0 Å². The van der Waals surface area contributed by atoms with Crippen LogP contribution in [-0.4, -0.2) is 0 Å². The van der Waals surface area contributed by atoms with Gasteiger partial charge < -0.3 is 5.73 Å². The highest BCUT2D eigenvalue weighted by atomic mass is 79.9. The average Bonchev–Trinajstić information content (AvgIpc) is 1.99. The minimum atomic E-state index is 0.460. The Morgan fingerprint density at radius 1 is 1.23 bits per heavy atom. The summed E-state index contributed by atoms with van der Waals surface area (Å²) in [5, 5.41) is 0.949. The monoisotopic (exact) mass is 343 g/mol. The van der Waals surface area contributed by atoms with Crippen molar-refractivity contribution in [3.8, 4) is 0 Å². The molecule has 0 unspecified atom stereocenters. The Labute approximate surface area is 103 Å². The van der Waals surface area contributed by atoms with Crippen molar-refractivity contribution in [3.05, 3.63) is 31.1 Å². The topological polar surface area (TPSA) is 26.0 Å². The molecule has 0 bridgehead atoms. The number of benzene rings is 1. The zero-order valence-electron chi connectivity index (χ0n) is 6.32. The van der Waals surface area contributed by atoms with Crippen LogP contribution in [0, 0.1) is 0 Å². The van der Waals surface area contributed by atoms with Gasteiger partial charge in [-0.05, 0) is 50.1 Å². The summed E-state index contributed by atoms with van der Waals surface area (Å²) in [6.07, 6.45) is 1.80. The summed E-state index contributed by atoms with van der Waals surface area (Å²) in [7, 11) is 0. The van der Waals surface area contributed by atoms with Crippen molar-refractivity contribution in [2.45, 2.75) is 0 Å². The third-order valence-electron chi connectivity index (χ3n) is 1.39. The predicted octanol–water partition coefficient (Wildman–Crippen LogP) is 4.66. The van der Waals surface area contributed by atoms with Crippen molar-refractivity contribution in [1.29, 1.82) is 0 Å². The van der Waals surface area contributed by atoms with E-state index in [1.165, 1.54) is 0 Å². The lowest BCUT2D eigenvalue weighted by Crippen LogP contribution is -1.89. The van der Waals surface area contributed by atoms with Crippen LogP contribution >= 0.6 is 55.1 Å². The van der Waals surface area contributed by atoms with Crippen molar-refractivity contribution in [3.63, 3.8) is 0 Å². The van der Waals surface area contributed by atoms with Crippen LogP contribution < -0.4 is 5.73 Å². The van der Waals surface area contributed by atoms with E-state index in [4.69, 9.17) is 28.9 Å². The Hall–Kier alpha value is 0.300. The highest BCUT2D eigenvalue weighted by Gasteiger charge is 2.02. The fourth-order valence-electron chi connectivity index (χ4n) is 0.820. The van der Waals surface area contributed by atoms with Crippen LogP contribution in [0.3, 0.4) is 0 Å². The lowest BCUT2D eigenvalue weighted by Gasteiger charge is -2.03. The first-order chi connectivity index (χ1) is 6.00. The Bertz CT molecular complexity index is 359. The lowest BCUT2D eigenvalue weighted by molar-refractivity contribution is 1.64. The summed E-state index contributed by atoms with van der Waals surface area (Å²) in [4.78, 5) is 0. The van der Waals surface area contributed by atoms with Gasteiger partial charge in [0.1, 0.15) is 0 Å². The standard InChI is InChI=1S/C8H5Br2Cl2N/c9-8(10)2-4-1-5(11)6(12)3-7(4)13/h1-3H,13H2. The van der Waals surface area contributed by atoms with E-state index in [9.17, 15) is 0 Å². The zero-order chi connectivity index (χ0) is 10.0. The molecule has 0 aromatic heterocycles. The predicted molar refractivity (Wildman–Crippen MR) is 66.7 cm³/mol. The number of rotatable bonds is 1. The van der Waals surface area contributed by atoms with Gasteiger partial charge in [0.2, 0.25) is 0 Å². The van der Waals surface area contributed by atoms with E-state index in [1.807, 2.05) is 0 Å². The second kappa shape index (κ2) is 4.69. The van der Waals surface area contributed by atoms with Gasteiger partial charge in [0.25, 0.3) is 0 Å². The molecule has 2 N–H and O–H groups in total. The Kier molecular flexibility index (Phi) is 4.10. The molecule has 0 radical (unpaired) electrons. The highest BCUT2D eigenvalue weighted by molar-refractivity contribution is 9.28. The average molecular weight is 346 g/mol. The first-order valence-corrected chi connectivity index (χ1v) is 5.62. The summed E-state index contributed by atoms with van der Waals surface area (Å²) < 4.78 is 0.796. The van der Waals surface area contributed by atoms with E-state index in [-0.39, 0.29) is 0 Å². The molecule has 70 valence electrons. The van der Waals surface area contributed by atoms with Crippen molar-refractivity contribution >= 4 is 66.8 Å². The highest BCUT2D eigenvalue weighted by Crippen LogP contribution is 2.30. The van der Waals surface area contributed by atoms with E-state index in [1.54, 1.807) is 18.2 Å². The molecular formula is C8H5Br2Cl2N. The second-order valence-corrected chi connectivity index (χ2v) is 5.92. The molecule has 0 spiro atoms. The third kappa shape index (κ3) is 3.17. The van der Waals surface area contributed by atoms with Gasteiger partial charge in [-0.15, -0.1) is 0 Å². The molecule has 1 nitrogen and oxygen atoms in total. The largest absolute Gasteiger partial charge is 0.398 e. The van der Waals surface area contributed by atoms with Gasteiger partial charge in [-0.3, -0.25) is 0 Å². The van der Waals surface area contributed by atoms with Crippen LogP contribution in [0.2, 0.25) is 10.0 Å². The first-order valence-electron chi connectivity index (χ1n) is 3.28. The number of nitrogens with two attached hydrogens (primary N) is 1. The SMILES string of the molecule is Nc1cc(Cl)c(Cl)cc1C=C(Br)Br. The van der Waals surface area contributed by atoms with Gasteiger partial charge in [0, 0.05) is 11.3 Å². The minimum absolute atomic E-state index is 0.460. The van der Waals surface area contributed by atoms with E-state index in [0.717, 1.165) is 8.96 Å². The number of hydrogen-bond donors (Lipinski definition) is 1. The molecule has 0 aliphatic carbocycles. The van der Waals surface area contributed by atoms with E-state index >= 15 is 0 Å². The first kappa shape index (κ1) is 11.4. The molecule has 0 amide bonds. The number of halogens is 4. The summed E-state index contributed by atoms with van der Waals surface area (Å²) in [5.41, 5.74) is 7.12. The maximum absolute atomic E-state index is 5.82. The van der Waals surface area contributed by atoms with E-state index in [0.29, 0.717) is 15.7 Å². The molecular weight excluding hydrogens is 341 g/mol. The molecule has 5 heteroatoms. The fraction of sp³-hybridized carbons (Fsp3) is 0. The fourth-order valence-corrected chi connectivity index (χ4v) is 1.66. The van der Waals surface area contributed by atoms with Gasteiger partial charge in [-0.1, -0.05) is 23.2 Å². The van der Waals surface area contributed by atoms with Gasteiger partial charge in [-0.25, -0.2) is 0 Å². The maximum atomic E-state index is 5.82. The van der Waals surface area contributed by atoms with Crippen LogP contribution in [0.4, 0.5) is 5.69 Å². The second-order valence-electron chi connectivity index (χ2n) is 2.33. The smallest absolute Gasteiger partial charge is 0.0613 e. The van der Waals surface area contributed by atoms with E-state index in [2.05, 4.69) is 31.9 Å². The summed E-state index contributed by atoms with van der Waals surface area (Å²) >= 11 is 18.1. The number of nitrogen functional groups attached to an aromatic ring is 1. The zero-order valence-corrected chi connectivity index (χ0v) is 11.0. The number of hydrogen-bond acceptors (Lipinski definition) is 1. The third-order valence-corrected chi connectivity index (χ3v) is 2.57. The number of anilines is 1. The van der Waals surface area contributed by atoms with Gasteiger partial charge in [-0.2, -0.15) is 0 Å². The van der Waals surface area contributed by atoms with Crippen LogP contribution in [-0.2, 0) is 0 Å². The van der Waals surface area contributed by atoms with Crippen LogP contribution in [0.25, 0.3) is 6.08 Å². The Balaban J connectivity index is 3.24. The van der Waals surface area contributed by atoms with Crippen LogP contribution in [0.15, 0.2) is 15.5 Å². The van der Waals surface area contributed by atoms with Crippen LogP contribution in [0.5, 0.6) is 0 Å². The molecule has 13 heavy (non-hydrogen) atoms. The van der Waals surface area contributed by atoms with Crippen molar-refractivity contribution in [2.75, 3.05) is 5.73 Å². The van der Waals surface area contributed by atoms with Gasteiger partial charge >= 0.3 is 0 Å².